The van der Waals surface area contributed by atoms with Crippen LogP contribution in [0.2, 0.25) is 0 Å². The molecule has 0 saturated heterocycles. The zero-order valence-electron chi connectivity index (χ0n) is 12.6. The first-order valence-corrected chi connectivity index (χ1v) is 7.18. The summed E-state index contributed by atoms with van der Waals surface area (Å²) in [6.07, 6.45) is 3.71. The van der Waals surface area contributed by atoms with Crippen LogP contribution in [0.4, 0.5) is 0 Å². The number of nitrogens with two attached hydrogens (primary N) is 1. The number of hydrogen-bond acceptors (Lipinski definition) is 2. The highest BCUT2D eigenvalue weighted by atomic mass is 15.0. The summed E-state index contributed by atoms with van der Waals surface area (Å²) in [5.41, 5.74) is 6.68. The fourth-order valence-electron chi connectivity index (χ4n) is 2.92. The Morgan fingerprint density at radius 2 is 1.59 bits per heavy atom. The Kier molecular flexibility index (Phi) is 4.65. The van der Waals surface area contributed by atoms with Crippen molar-refractivity contribution in [2.45, 2.75) is 72.9 Å². The smallest absolute Gasteiger partial charge is 0.0181 e. The highest BCUT2D eigenvalue weighted by Crippen LogP contribution is 2.62. The highest BCUT2D eigenvalue weighted by Gasteiger charge is 2.64. The standard InChI is InChI=1S/C15H32N2/c1-11(8-7-9-12(2)16)10-17-13-14(3,4)15(13,5)6/h11-13,17H,7-10,16H2,1-6H3. The van der Waals surface area contributed by atoms with Crippen molar-refractivity contribution in [2.24, 2.45) is 22.5 Å². The van der Waals surface area contributed by atoms with Crippen LogP contribution in [0.15, 0.2) is 0 Å². The lowest BCUT2D eigenvalue weighted by molar-refractivity contribution is 0.428. The van der Waals surface area contributed by atoms with E-state index in [2.05, 4.69) is 46.9 Å². The minimum Gasteiger partial charge on any atom is -0.328 e. The molecule has 2 heteroatoms. The monoisotopic (exact) mass is 240 g/mol. The lowest BCUT2D eigenvalue weighted by atomic mass is 10.0. The third-order valence-corrected chi connectivity index (χ3v) is 5.05. The lowest BCUT2D eigenvalue weighted by Gasteiger charge is -2.14. The fraction of sp³-hybridized carbons (Fsp3) is 1.00. The van der Waals surface area contributed by atoms with Crippen molar-refractivity contribution in [1.82, 2.24) is 5.32 Å². The van der Waals surface area contributed by atoms with E-state index in [1.165, 1.54) is 12.8 Å². The fourth-order valence-corrected chi connectivity index (χ4v) is 2.92. The first-order valence-electron chi connectivity index (χ1n) is 7.18. The summed E-state index contributed by atoms with van der Waals surface area (Å²) < 4.78 is 0. The first kappa shape index (κ1) is 15.0. The molecule has 0 aliphatic heterocycles. The van der Waals surface area contributed by atoms with Gasteiger partial charge in [0.25, 0.3) is 0 Å². The molecule has 2 atom stereocenters. The third kappa shape index (κ3) is 3.45. The van der Waals surface area contributed by atoms with E-state index < -0.39 is 0 Å². The van der Waals surface area contributed by atoms with Crippen molar-refractivity contribution in [1.29, 1.82) is 0 Å². The van der Waals surface area contributed by atoms with Gasteiger partial charge in [-0.3, -0.25) is 0 Å². The van der Waals surface area contributed by atoms with Gasteiger partial charge in [-0.25, -0.2) is 0 Å². The van der Waals surface area contributed by atoms with Crippen molar-refractivity contribution < 1.29 is 0 Å². The topological polar surface area (TPSA) is 38.0 Å². The van der Waals surface area contributed by atoms with Gasteiger partial charge in [-0.2, -0.15) is 0 Å². The van der Waals surface area contributed by atoms with Crippen LogP contribution in [0.1, 0.15) is 60.8 Å². The first-order chi connectivity index (χ1) is 7.69. The van der Waals surface area contributed by atoms with Crippen molar-refractivity contribution >= 4 is 0 Å². The summed E-state index contributed by atoms with van der Waals surface area (Å²) in [6.45, 7) is 15.1. The predicted octanol–water partition coefficient (Wildman–Crippen LogP) is 3.16. The Morgan fingerprint density at radius 1 is 1.06 bits per heavy atom. The quantitative estimate of drug-likeness (QED) is 0.717. The van der Waals surface area contributed by atoms with Gasteiger partial charge in [0.05, 0.1) is 0 Å². The molecule has 102 valence electrons. The van der Waals surface area contributed by atoms with E-state index in [1.807, 2.05) is 0 Å². The molecular formula is C15H32N2. The molecule has 17 heavy (non-hydrogen) atoms. The van der Waals surface area contributed by atoms with E-state index >= 15 is 0 Å². The average molecular weight is 240 g/mol. The molecule has 1 aliphatic carbocycles. The molecule has 2 unspecified atom stereocenters. The van der Waals surface area contributed by atoms with Gasteiger partial charge in [-0.05, 0) is 43.1 Å². The van der Waals surface area contributed by atoms with Crippen molar-refractivity contribution in [3.05, 3.63) is 0 Å². The molecule has 0 aromatic heterocycles. The second-order valence-corrected chi connectivity index (χ2v) is 7.30. The van der Waals surface area contributed by atoms with Crippen molar-refractivity contribution in [3.8, 4) is 0 Å². The summed E-state index contributed by atoms with van der Waals surface area (Å²) in [6, 6.07) is 1.04. The van der Waals surface area contributed by atoms with E-state index in [9.17, 15) is 0 Å². The number of rotatable bonds is 7. The van der Waals surface area contributed by atoms with E-state index in [1.54, 1.807) is 0 Å². The third-order valence-electron chi connectivity index (χ3n) is 5.05. The summed E-state index contributed by atoms with van der Waals surface area (Å²) in [5, 5.41) is 3.74. The summed E-state index contributed by atoms with van der Waals surface area (Å²) in [7, 11) is 0. The SMILES string of the molecule is CC(N)CCCC(C)CNC1C(C)(C)C1(C)C. The van der Waals surface area contributed by atoms with Gasteiger partial charge in [0.2, 0.25) is 0 Å². The van der Waals surface area contributed by atoms with Crippen LogP contribution < -0.4 is 11.1 Å². The molecule has 0 heterocycles. The van der Waals surface area contributed by atoms with Gasteiger partial charge in [0.15, 0.2) is 0 Å². The van der Waals surface area contributed by atoms with Gasteiger partial charge >= 0.3 is 0 Å². The minimum absolute atomic E-state index is 0.358. The molecule has 0 bridgehead atoms. The Hall–Kier alpha value is -0.0800. The molecule has 1 fully saturated rings. The van der Waals surface area contributed by atoms with Crippen LogP contribution in [-0.2, 0) is 0 Å². The van der Waals surface area contributed by atoms with Gasteiger partial charge in [-0.1, -0.05) is 41.0 Å². The molecule has 0 spiro atoms. The second-order valence-electron chi connectivity index (χ2n) is 7.30. The Morgan fingerprint density at radius 3 is 2.00 bits per heavy atom. The maximum absolute atomic E-state index is 5.77. The van der Waals surface area contributed by atoms with Crippen LogP contribution in [-0.4, -0.2) is 18.6 Å². The Bertz CT molecular complexity index is 229. The molecule has 1 saturated carbocycles. The molecule has 0 aromatic rings. The summed E-state index contributed by atoms with van der Waals surface area (Å²) in [4.78, 5) is 0. The molecule has 0 radical (unpaired) electrons. The molecule has 1 aliphatic rings. The van der Waals surface area contributed by atoms with Crippen molar-refractivity contribution in [2.75, 3.05) is 6.54 Å². The molecule has 2 nitrogen and oxygen atoms in total. The van der Waals surface area contributed by atoms with E-state index in [0.29, 0.717) is 22.9 Å². The molecule has 1 rings (SSSR count). The second kappa shape index (κ2) is 5.27. The van der Waals surface area contributed by atoms with Crippen LogP contribution in [0.3, 0.4) is 0 Å². The van der Waals surface area contributed by atoms with E-state index in [-0.39, 0.29) is 0 Å². The number of hydrogen-bond donors (Lipinski definition) is 2. The van der Waals surface area contributed by atoms with Crippen molar-refractivity contribution in [3.63, 3.8) is 0 Å². The zero-order valence-corrected chi connectivity index (χ0v) is 12.6. The summed E-state index contributed by atoms with van der Waals surface area (Å²) in [5.74, 6) is 0.765. The van der Waals surface area contributed by atoms with Crippen LogP contribution in [0, 0.1) is 16.7 Å². The Labute approximate surface area is 108 Å². The maximum Gasteiger partial charge on any atom is 0.0181 e. The minimum atomic E-state index is 0.358. The van der Waals surface area contributed by atoms with Gasteiger partial charge in [-0.15, -0.1) is 0 Å². The normalized spacial score (nSPS) is 25.6. The van der Waals surface area contributed by atoms with Gasteiger partial charge < -0.3 is 11.1 Å². The molecule has 3 N–H and O–H groups in total. The van der Waals surface area contributed by atoms with Crippen LogP contribution in [0.5, 0.6) is 0 Å². The summed E-state index contributed by atoms with van der Waals surface area (Å²) >= 11 is 0. The van der Waals surface area contributed by atoms with Crippen LogP contribution >= 0.6 is 0 Å². The molecule has 0 amide bonds. The highest BCUT2D eigenvalue weighted by molar-refractivity contribution is 5.17. The number of nitrogens with one attached hydrogen (secondary N) is 1. The predicted molar refractivity (Wildman–Crippen MR) is 76.0 cm³/mol. The maximum atomic E-state index is 5.77. The Balaban J connectivity index is 2.15. The van der Waals surface area contributed by atoms with E-state index in [4.69, 9.17) is 5.73 Å². The zero-order chi connectivity index (χ0) is 13.3. The lowest BCUT2D eigenvalue weighted by Crippen LogP contribution is -2.27. The molecule has 0 aromatic carbocycles. The van der Waals surface area contributed by atoms with Gasteiger partial charge in [0.1, 0.15) is 0 Å². The average Bonchev–Trinajstić information content (AvgIpc) is 2.54. The van der Waals surface area contributed by atoms with E-state index in [0.717, 1.165) is 18.9 Å². The largest absolute Gasteiger partial charge is 0.328 e. The van der Waals surface area contributed by atoms with Gasteiger partial charge in [0, 0.05) is 12.1 Å². The van der Waals surface area contributed by atoms with Crippen LogP contribution in [0.25, 0.3) is 0 Å². The molecular weight excluding hydrogens is 208 g/mol.